The molecule has 3 aromatic rings. The standard InChI is InChI=1S/C17H17BrN4O/c1-11(2)17(3,12-4-6-13(18)7-5-12)16-21-15(23-22-16)14-10-19-8-9-20-14/h4-11H,1-3H3. The molecule has 0 aliphatic heterocycles. The highest BCUT2D eigenvalue weighted by Gasteiger charge is 2.37. The third-order valence-electron chi connectivity index (χ3n) is 4.27. The lowest BCUT2D eigenvalue weighted by Crippen LogP contribution is -2.31. The van der Waals surface area contributed by atoms with Gasteiger partial charge in [-0.1, -0.05) is 47.1 Å². The summed E-state index contributed by atoms with van der Waals surface area (Å²) in [6.07, 6.45) is 4.83. The molecule has 0 saturated heterocycles. The van der Waals surface area contributed by atoms with Crippen LogP contribution in [0.2, 0.25) is 0 Å². The van der Waals surface area contributed by atoms with Gasteiger partial charge in [-0.3, -0.25) is 4.98 Å². The van der Waals surface area contributed by atoms with Crippen molar-refractivity contribution in [3.63, 3.8) is 0 Å². The molecule has 0 amide bonds. The number of aromatic nitrogens is 4. The lowest BCUT2D eigenvalue weighted by molar-refractivity contribution is 0.350. The van der Waals surface area contributed by atoms with Gasteiger partial charge in [-0.15, -0.1) is 0 Å². The molecule has 1 aromatic carbocycles. The Morgan fingerprint density at radius 3 is 2.48 bits per heavy atom. The molecule has 0 aliphatic carbocycles. The second-order valence-electron chi connectivity index (χ2n) is 5.88. The Balaban J connectivity index is 2.06. The Morgan fingerprint density at radius 2 is 1.87 bits per heavy atom. The number of rotatable bonds is 4. The molecular formula is C17H17BrN4O. The van der Waals surface area contributed by atoms with Gasteiger partial charge in [0.25, 0.3) is 5.89 Å². The summed E-state index contributed by atoms with van der Waals surface area (Å²) in [5, 5.41) is 4.22. The first-order valence-corrected chi connectivity index (χ1v) is 8.17. The van der Waals surface area contributed by atoms with E-state index in [1.54, 1.807) is 18.6 Å². The average molecular weight is 373 g/mol. The molecule has 3 rings (SSSR count). The van der Waals surface area contributed by atoms with Crippen LogP contribution in [0.25, 0.3) is 11.6 Å². The number of nitrogens with zero attached hydrogens (tertiary/aromatic N) is 4. The second-order valence-corrected chi connectivity index (χ2v) is 6.79. The summed E-state index contributed by atoms with van der Waals surface area (Å²) in [6.45, 7) is 6.44. The van der Waals surface area contributed by atoms with Crippen LogP contribution in [-0.2, 0) is 5.41 Å². The summed E-state index contributed by atoms with van der Waals surface area (Å²) < 4.78 is 6.46. The van der Waals surface area contributed by atoms with Gasteiger partial charge < -0.3 is 4.52 Å². The molecule has 0 bridgehead atoms. The predicted octanol–water partition coefficient (Wildman–Crippen LogP) is 4.25. The van der Waals surface area contributed by atoms with E-state index in [1.165, 1.54) is 0 Å². The fourth-order valence-electron chi connectivity index (χ4n) is 2.46. The normalized spacial score (nSPS) is 14.0. The lowest BCUT2D eigenvalue weighted by Gasteiger charge is -2.31. The molecule has 0 spiro atoms. The van der Waals surface area contributed by atoms with Gasteiger partial charge in [0, 0.05) is 16.9 Å². The SMILES string of the molecule is CC(C)C(C)(c1ccc(Br)cc1)c1noc(-c2cnccn2)n1. The van der Waals surface area contributed by atoms with Crippen molar-refractivity contribution in [2.75, 3.05) is 0 Å². The second kappa shape index (κ2) is 6.20. The summed E-state index contributed by atoms with van der Waals surface area (Å²) in [7, 11) is 0. The van der Waals surface area contributed by atoms with Crippen molar-refractivity contribution < 1.29 is 4.52 Å². The maximum atomic E-state index is 5.42. The molecule has 0 fully saturated rings. The van der Waals surface area contributed by atoms with E-state index < -0.39 is 0 Å². The predicted molar refractivity (Wildman–Crippen MR) is 90.8 cm³/mol. The molecule has 0 radical (unpaired) electrons. The van der Waals surface area contributed by atoms with E-state index in [0.29, 0.717) is 17.4 Å². The van der Waals surface area contributed by atoms with Gasteiger partial charge in [0.15, 0.2) is 5.82 Å². The third kappa shape index (κ3) is 2.91. The van der Waals surface area contributed by atoms with E-state index in [1.807, 2.05) is 12.1 Å². The smallest absolute Gasteiger partial charge is 0.278 e. The number of hydrogen-bond donors (Lipinski definition) is 0. The first kappa shape index (κ1) is 15.8. The quantitative estimate of drug-likeness (QED) is 0.684. The van der Waals surface area contributed by atoms with Gasteiger partial charge >= 0.3 is 0 Å². The lowest BCUT2D eigenvalue weighted by atomic mass is 9.73. The maximum Gasteiger partial charge on any atom is 0.278 e. The zero-order valence-corrected chi connectivity index (χ0v) is 14.8. The molecule has 1 atom stereocenters. The minimum absolute atomic E-state index is 0.288. The largest absolute Gasteiger partial charge is 0.332 e. The first-order valence-electron chi connectivity index (χ1n) is 7.38. The Labute approximate surface area is 143 Å². The fraction of sp³-hybridized carbons (Fsp3) is 0.294. The van der Waals surface area contributed by atoms with Crippen LogP contribution in [-0.4, -0.2) is 20.1 Å². The molecule has 23 heavy (non-hydrogen) atoms. The van der Waals surface area contributed by atoms with E-state index in [-0.39, 0.29) is 11.3 Å². The van der Waals surface area contributed by atoms with E-state index >= 15 is 0 Å². The van der Waals surface area contributed by atoms with Crippen molar-refractivity contribution >= 4 is 15.9 Å². The molecule has 2 heterocycles. The minimum Gasteiger partial charge on any atom is -0.332 e. The van der Waals surface area contributed by atoms with E-state index in [9.17, 15) is 0 Å². The van der Waals surface area contributed by atoms with Crippen molar-refractivity contribution in [3.05, 3.63) is 58.7 Å². The van der Waals surface area contributed by atoms with Crippen LogP contribution in [0.15, 0.2) is 51.9 Å². The highest BCUT2D eigenvalue weighted by molar-refractivity contribution is 9.10. The third-order valence-corrected chi connectivity index (χ3v) is 4.80. The van der Waals surface area contributed by atoms with Gasteiger partial charge in [0.05, 0.1) is 11.6 Å². The summed E-state index contributed by atoms with van der Waals surface area (Å²) in [4.78, 5) is 12.8. The average Bonchev–Trinajstić information content (AvgIpc) is 3.06. The molecule has 5 nitrogen and oxygen atoms in total. The molecular weight excluding hydrogens is 356 g/mol. The fourth-order valence-corrected chi connectivity index (χ4v) is 2.73. The molecule has 1 unspecified atom stereocenters. The summed E-state index contributed by atoms with van der Waals surface area (Å²) in [5.41, 5.74) is 1.36. The van der Waals surface area contributed by atoms with Gasteiger partial charge in [0.2, 0.25) is 0 Å². The van der Waals surface area contributed by atoms with Gasteiger partial charge in [-0.05, 0) is 30.5 Å². The molecule has 0 N–H and O–H groups in total. The summed E-state index contributed by atoms with van der Waals surface area (Å²) in [5.74, 6) is 1.32. The summed E-state index contributed by atoms with van der Waals surface area (Å²) >= 11 is 3.48. The van der Waals surface area contributed by atoms with E-state index in [0.717, 1.165) is 10.0 Å². The van der Waals surface area contributed by atoms with Crippen molar-refractivity contribution in [2.24, 2.45) is 5.92 Å². The van der Waals surface area contributed by atoms with Crippen molar-refractivity contribution in [3.8, 4) is 11.6 Å². The topological polar surface area (TPSA) is 64.7 Å². The zero-order chi connectivity index (χ0) is 16.4. The Bertz CT molecular complexity index is 786. The Hall–Kier alpha value is -2.08. The van der Waals surface area contributed by atoms with Crippen molar-refractivity contribution in [1.82, 2.24) is 20.1 Å². The van der Waals surface area contributed by atoms with Crippen molar-refractivity contribution in [2.45, 2.75) is 26.2 Å². The van der Waals surface area contributed by atoms with E-state index in [4.69, 9.17) is 4.52 Å². The van der Waals surface area contributed by atoms with Crippen LogP contribution < -0.4 is 0 Å². The van der Waals surface area contributed by atoms with Crippen LogP contribution >= 0.6 is 15.9 Å². The minimum atomic E-state index is -0.356. The molecule has 0 saturated carbocycles. The number of halogens is 1. The number of hydrogen-bond acceptors (Lipinski definition) is 5. The zero-order valence-electron chi connectivity index (χ0n) is 13.2. The van der Waals surface area contributed by atoms with Crippen LogP contribution in [0, 0.1) is 5.92 Å². The van der Waals surface area contributed by atoms with Crippen molar-refractivity contribution in [1.29, 1.82) is 0 Å². The molecule has 0 aliphatic rings. The highest BCUT2D eigenvalue weighted by atomic mass is 79.9. The van der Waals surface area contributed by atoms with Gasteiger partial charge in [-0.2, -0.15) is 4.98 Å². The summed E-state index contributed by atoms with van der Waals surface area (Å²) in [6, 6.07) is 8.23. The molecule has 6 heteroatoms. The monoisotopic (exact) mass is 372 g/mol. The van der Waals surface area contributed by atoms with Gasteiger partial charge in [-0.25, -0.2) is 4.98 Å². The highest BCUT2D eigenvalue weighted by Crippen LogP contribution is 2.38. The van der Waals surface area contributed by atoms with Gasteiger partial charge in [0.1, 0.15) is 5.69 Å². The van der Waals surface area contributed by atoms with E-state index in [2.05, 4.69) is 68.9 Å². The molecule has 2 aromatic heterocycles. The first-order chi connectivity index (χ1) is 11.0. The van der Waals surface area contributed by atoms with Crippen LogP contribution in [0.5, 0.6) is 0 Å². The van der Waals surface area contributed by atoms with Crippen LogP contribution in [0.3, 0.4) is 0 Å². The Kier molecular flexibility index (Phi) is 4.26. The molecule has 118 valence electrons. The van der Waals surface area contributed by atoms with Crippen LogP contribution in [0.1, 0.15) is 32.2 Å². The number of benzene rings is 1. The maximum absolute atomic E-state index is 5.42. The van der Waals surface area contributed by atoms with Crippen LogP contribution in [0.4, 0.5) is 0 Å². The Morgan fingerprint density at radius 1 is 1.13 bits per heavy atom.